The number of nitrogens with zero attached hydrogens (tertiary/aromatic N) is 2. The monoisotopic (exact) mass is 427 g/mol. The highest BCUT2D eigenvalue weighted by Crippen LogP contribution is 2.26. The molecule has 3 atom stereocenters. The van der Waals surface area contributed by atoms with Crippen molar-refractivity contribution in [2.24, 2.45) is 4.99 Å². The molecule has 1 aliphatic rings. The molecular formula is C25H37N3O3. The van der Waals surface area contributed by atoms with Crippen LogP contribution in [0.3, 0.4) is 0 Å². The van der Waals surface area contributed by atoms with Gasteiger partial charge in [0.2, 0.25) is 0 Å². The molecule has 0 bridgehead atoms. The average molecular weight is 428 g/mol. The van der Waals surface area contributed by atoms with Crippen molar-refractivity contribution in [3.05, 3.63) is 53.8 Å². The van der Waals surface area contributed by atoms with Crippen molar-refractivity contribution in [1.29, 1.82) is 0 Å². The van der Waals surface area contributed by atoms with E-state index in [0.29, 0.717) is 13.0 Å². The van der Waals surface area contributed by atoms with E-state index in [1.807, 2.05) is 31.0 Å². The fourth-order valence-electron chi connectivity index (χ4n) is 3.43. The zero-order chi connectivity index (χ0) is 23.6. The molecule has 3 unspecified atom stereocenters. The summed E-state index contributed by atoms with van der Waals surface area (Å²) in [6.45, 7) is 14.2. The van der Waals surface area contributed by atoms with Crippen LogP contribution in [0.2, 0.25) is 0 Å². The minimum Gasteiger partial charge on any atom is -0.392 e. The largest absolute Gasteiger partial charge is 0.392 e. The lowest BCUT2D eigenvalue weighted by atomic mass is 9.87. The Hall–Kier alpha value is -2.57. The number of carbonyl (C=O) groups excluding carboxylic acids is 2. The van der Waals surface area contributed by atoms with Gasteiger partial charge in [0.25, 0.3) is 0 Å². The number of aldehydes is 1. The number of nitrogens with one attached hydrogen (secondary N) is 1. The number of Topliss-reactive ketones (excluding diaryl/α,β-unsaturated/α-hetero) is 1. The van der Waals surface area contributed by atoms with Gasteiger partial charge in [-0.1, -0.05) is 45.1 Å². The lowest BCUT2D eigenvalue weighted by Crippen LogP contribution is -2.38. The molecule has 170 valence electrons. The van der Waals surface area contributed by atoms with Gasteiger partial charge in [0, 0.05) is 25.5 Å². The van der Waals surface area contributed by atoms with Crippen molar-refractivity contribution in [3.8, 4) is 0 Å². The summed E-state index contributed by atoms with van der Waals surface area (Å²) in [6.07, 6.45) is 6.54. The Bertz CT molecular complexity index is 791. The van der Waals surface area contributed by atoms with Crippen LogP contribution in [0.4, 0.5) is 5.69 Å². The summed E-state index contributed by atoms with van der Waals surface area (Å²) < 4.78 is 0. The van der Waals surface area contributed by atoms with Gasteiger partial charge in [-0.3, -0.25) is 9.79 Å². The predicted octanol–water partition coefficient (Wildman–Crippen LogP) is 3.45. The van der Waals surface area contributed by atoms with Crippen molar-refractivity contribution in [1.82, 2.24) is 5.32 Å². The number of anilines is 1. The maximum atomic E-state index is 12.2. The molecule has 6 nitrogen and oxygen atoms in total. The molecule has 0 amide bonds. The van der Waals surface area contributed by atoms with Crippen molar-refractivity contribution in [2.75, 3.05) is 18.5 Å². The number of carbonyl (C=O) groups is 2. The summed E-state index contributed by atoms with van der Waals surface area (Å²) in [4.78, 5) is 28.0. The van der Waals surface area contributed by atoms with E-state index in [2.05, 4.69) is 62.1 Å². The number of aliphatic imine (C=N–C) groups is 1. The number of hydrogen-bond donors (Lipinski definition) is 2. The first-order valence-electron chi connectivity index (χ1n) is 10.5. The second-order valence-corrected chi connectivity index (χ2v) is 8.77. The Kier molecular flexibility index (Phi) is 10.5. The van der Waals surface area contributed by atoms with Crippen LogP contribution in [0, 0.1) is 0 Å². The van der Waals surface area contributed by atoms with Gasteiger partial charge in [-0.2, -0.15) is 0 Å². The minimum absolute atomic E-state index is 0.0698. The molecule has 1 heterocycles. The maximum Gasteiger partial charge on any atom is 0.156 e. The first-order chi connectivity index (χ1) is 14.5. The molecule has 2 rings (SSSR count). The molecule has 1 aliphatic heterocycles. The minimum atomic E-state index is -0.378. The summed E-state index contributed by atoms with van der Waals surface area (Å²) in [6, 6.07) is 7.87. The van der Waals surface area contributed by atoms with Gasteiger partial charge in [-0.25, -0.2) is 0 Å². The smallest absolute Gasteiger partial charge is 0.156 e. The SMILES string of the molecule is C=N/C=C(\C=C/C)C(C(C)=O)N(C)c1ccc(C(C)(C)C)cc1.O=CC1CC(O)CN1. The molecule has 1 aromatic carbocycles. The third-order valence-corrected chi connectivity index (χ3v) is 5.13. The van der Waals surface area contributed by atoms with Gasteiger partial charge < -0.3 is 20.1 Å². The van der Waals surface area contributed by atoms with Crippen LogP contribution in [0.5, 0.6) is 0 Å². The molecule has 1 fully saturated rings. The number of aliphatic hydroxyl groups is 1. The number of ketones is 1. The van der Waals surface area contributed by atoms with Gasteiger partial charge in [0.1, 0.15) is 12.3 Å². The van der Waals surface area contributed by atoms with Crippen molar-refractivity contribution < 1.29 is 14.7 Å². The number of hydrogen-bond acceptors (Lipinski definition) is 6. The normalized spacial score (nSPS) is 20.0. The first-order valence-corrected chi connectivity index (χ1v) is 10.5. The topological polar surface area (TPSA) is 82.0 Å². The highest BCUT2D eigenvalue weighted by Gasteiger charge is 2.24. The number of β-amino-alcohol motifs (C(OH)–C–C–N with tert-alkyl or cyclic N) is 1. The third-order valence-electron chi connectivity index (χ3n) is 5.13. The van der Waals surface area contributed by atoms with Crippen LogP contribution in [-0.4, -0.2) is 55.7 Å². The van der Waals surface area contributed by atoms with E-state index in [-0.39, 0.29) is 29.4 Å². The highest BCUT2D eigenvalue weighted by atomic mass is 16.3. The Morgan fingerprint density at radius 2 is 1.94 bits per heavy atom. The van der Waals surface area contributed by atoms with E-state index in [1.165, 1.54) is 5.56 Å². The molecule has 1 saturated heterocycles. The van der Waals surface area contributed by atoms with Crippen LogP contribution in [0.15, 0.2) is 53.2 Å². The molecule has 0 aliphatic carbocycles. The molecule has 0 spiro atoms. The van der Waals surface area contributed by atoms with Gasteiger partial charge in [0.15, 0.2) is 5.78 Å². The number of allylic oxidation sites excluding steroid dienone is 1. The second kappa shape index (κ2) is 12.3. The van der Waals surface area contributed by atoms with Crippen LogP contribution >= 0.6 is 0 Å². The van der Waals surface area contributed by atoms with Gasteiger partial charge >= 0.3 is 0 Å². The van der Waals surface area contributed by atoms with E-state index >= 15 is 0 Å². The fourth-order valence-corrected chi connectivity index (χ4v) is 3.43. The lowest BCUT2D eigenvalue weighted by Gasteiger charge is -2.29. The molecule has 2 N–H and O–H groups in total. The maximum absolute atomic E-state index is 12.2. The van der Waals surface area contributed by atoms with Crippen LogP contribution in [-0.2, 0) is 15.0 Å². The third kappa shape index (κ3) is 8.23. The van der Waals surface area contributed by atoms with Crippen LogP contribution in [0.1, 0.15) is 46.6 Å². The summed E-state index contributed by atoms with van der Waals surface area (Å²) in [5.41, 5.74) is 3.21. The lowest BCUT2D eigenvalue weighted by molar-refractivity contribution is -0.117. The van der Waals surface area contributed by atoms with E-state index in [9.17, 15) is 9.59 Å². The highest BCUT2D eigenvalue weighted by molar-refractivity contribution is 5.89. The quantitative estimate of drug-likeness (QED) is 0.396. The Morgan fingerprint density at radius 3 is 2.29 bits per heavy atom. The number of benzene rings is 1. The van der Waals surface area contributed by atoms with Crippen LogP contribution in [0.25, 0.3) is 0 Å². The average Bonchev–Trinajstić information content (AvgIpc) is 3.13. The predicted molar refractivity (Wildman–Crippen MR) is 129 cm³/mol. The molecule has 31 heavy (non-hydrogen) atoms. The summed E-state index contributed by atoms with van der Waals surface area (Å²) in [7, 11) is 1.93. The molecule has 0 aromatic heterocycles. The zero-order valence-electron chi connectivity index (χ0n) is 19.6. The van der Waals surface area contributed by atoms with Crippen molar-refractivity contribution in [3.63, 3.8) is 0 Å². The van der Waals surface area contributed by atoms with E-state index in [0.717, 1.165) is 17.5 Å². The van der Waals surface area contributed by atoms with Gasteiger partial charge in [0.05, 0.1) is 12.1 Å². The molecule has 6 heteroatoms. The van der Waals surface area contributed by atoms with E-state index in [1.54, 1.807) is 13.1 Å². The summed E-state index contributed by atoms with van der Waals surface area (Å²) in [5.74, 6) is 0.0698. The molecular weight excluding hydrogens is 390 g/mol. The standard InChI is InChI=1S/C20H28N2O.C5H9NO2/c1-8-9-16(14-21-6)19(15(2)23)22(7)18-12-10-17(11-13-18)20(3,4)5;7-3-4-1-5(8)2-6-4/h8-14,19H,6H2,1-5,7H3;3-6,8H,1-2H2/b9-8-,16-14+;. The Morgan fingerprint density at radius 1 is 1.32 bits per heavy atom. The van der Waals surface area contributed by atoms with Gasteiger partial charge in [-0.15, -0.1) is 0 Å². The summed E-state index contributed by atoms with van der Waals surface area (Å²) >= 11 is 0. The Balaban J connectivity index is 0.000000500. The van der Waals surface area contributed by atoms with E-state index < -0.39 is 0 Å². The van der Waals surface area contributed by atoms with E-state index in [4.69, 9.17) is 5.11 Å². The fraction of sp³-hybridized carbons (Fsp3) is 0.480. The number of rotatable bonds is 7. The molecule has 1 aromatic rings. The van der Waals surface area contributed by atoms with Crippen molar-refractivity contribution >= 4 is 24.5 Å². The van der Waals surface area contributed by atoms with Gasteiger partial charge in [-0.05, 0) is 55.7 Å². The first kappa shape index (κ1) is 26.5. The molecule has 0 saturated carbocycles. The number of likely N-dealkylation sites (N-methyl/N-ethyl adjacent to an activating group) is 1. The summed E-state index contributed by atoms with van der Waals surface area (Å²) in [5, 5.41) is 11.6. The molecule has 0 radical (unpaired) electrons. The van der Waals surface area contributed by atoms with Crippen LogP contribution < -0.4 is 10.2 Å². The Labute approximate surface area is 186 Å². The second-order valence-electron chi connectivity index (χ2n) is 8.77. The van der Waals surface area contributed by atoms with Crippen molar-refractivity contribution in [2.45, 2.75) is 64.6 Å². The zero-order valence-corrected chi connectivity index (χ0v) is 19.6. The number of aliphatic hydroxyl groups excluding tert-OH is 1.